The number of rotatable bonds is 14. The van der Waals surface area contributed by atoms with Gasteiger partial charge in [0.25, 0.3) is 0 Å². The lowest BCUT2D eigenvalue weighted by molar-refractivity contribution is 0.0718. The van der Waals surface area contributed by atoms with Gasteiger partial charge in [-0.2, -0.15) is 0 Å². The fourth-order valence-corrected chi connectivity index (χ4v) is 6.55. The highest BCUT2D eigenvalue weighted by atomic mass is 28.4. The molecule has 0 atom stereocenters. The van der Waals surface area contributed by atoms with Crippen LogP contribution in [-0.4, -0.2) is 57.3 Å². The predicted octanol–water partition coefficient (Wildman–Crippen LogP) is 4.27. The third-order valence-corrected chi connectivity index (χ3v) is 9.15. The van der Waals surface area contributed by atoms with Crippen molar-refractivity contribution in [3.63, 3.8) is 0 Å². The van der Waals surface area contributed by atoms with Gasteiger partial charge in [0.2, 0.25) is 0 Å². The van der Waals surface area contributed by atoms with Crippen LogP contribution in [0.2, 0.25) is 12.1 Å². The Hall–Kier alpha value is 0.154. The van der Waals surface area contributed by atoms with Gasteiger partial charge in [-0.1, -0.05) is 13.8 Å². The predicted molar refractivity (Wildman–Crippen MR) is 107 cm³/mol. The van der Waals surface area contributed by atoms with Gasteiger partial charge in [-0.3, -0.25) is 0 Å². The first-order valence-electron chi connectivity index (χ1n) is 9.32. The zero-order valence-corrected chi connectivity index (χ0v) is 19.8. The Balaban J connectivity index is -0.000000372. The Morgan fingerprint density at radius 2 is 0.560 bits per heavy atom. The molecule has 156 valence electrons. The van der Waals surface area contributed by atoms with E-state index < -0.39 is 17.6 Å². The average Bonchev–Trinajstić information content (AvgIpc) is 2.56. The Labute approximate surface area is 158 Å². The lowest BCUT2D eigenvalue weighted by atomic mass is 10.9. The number of hydrogen-bond acceptors (Lipinski definition) is 7. The molecule has 0 rings (SSSR count). The molecule has 0 aromatic heterocycles. The molecular weight excluding hydrogens is 358 g/mol. The standard InChI is InChI=1S/2C8H20O3Si.H3N/c2*1-5-9-12(8-4,10-6-2)11-7-3;/h2*5-8H2,1-4H3;1H3. The SMILES string of the molecule is CCO[Si](CC)(OCC)OCC.CCO[Si](CC)(OCC)OCC.N. The molecule has 9 heteroatoms. The molecule has 0 bridgehead atoms. The molecule has 0 radical (unpaired) electrons. The maximum Gasteiger partial charge on any atom is 0.500 e. The molecule has 0 saturated carbocycles. The van der Waals surface area contributed by atoms with Gasteiger partial charge in [0, 0.05) is 51.7 Å². The van der Waals surface area contributed by atoms with Crippen LogP contribution in [0.1, 0.15) is 55.4 Å². The molecule has 0 saturated heterocycles. The van der Waals surface area contributed by atoms with E-state index in [2.05, 4.69) is 0 Å². The minimum Gasteiger partial charge on any atom is -0.374 e. The fourth-order valence-electron chi connectivity index (χ4n) is 2.18. The molecule has 0 heterocycles. The molecule has 0 amide bonds. The van der Waals surface area contributed by atoms with E-state index in [0.717, 1.165) is 12.1 Å². The van der Waals surface area contributed by atoms with Crippen LogP contribution < -0.4 is 6.15 Å². The second kappa shape index (κ2) is 18.9. The molecule has 0 aliphatic heterocycles. The summed E-state index contributed by atoms with van der Waals surface area (Å²) in [5.41, 5.74) is 0. The summed E-state index contributed by atoms with van der Waals surface area (Å²) < 4.78 is 33.3. The van der Waals surface area contributed by atoms with E-state index in [0.29, 0.717) is 39.6 Å². The Morgan fingerprint density at radius 1 is 0.400 bits per heavy atom. The Kier molecular flexibility index (Phi) is 22.6. The first-order valence-corrected chi connectivity index (χ1v) is 13.2. The van der Waals surface area contributed by atoms with Crippen molar-refractivity contribution in [2.45, 2.75) is 67.5 Å². The summed E-state index contributed by atoms with van der Waals surface area (Å²) in [6.45, 7) is 19.9. The average molecular weight is 402 g/mol. The van der Waals surface area contributed by atoms with Crippen LogP contribution in [0.5, 0.6) is 0 Å². The maximum absolute atomic E-state index is 5.55. The molecule has 0 spiro atoms. The highest BCUT2D eigenvalue weighted by Gasteiger charge is 2.38. The van der Waals surface area contributed by atoms with Crippen molar-refractivity contribution in [2.24, 2.45) is 0 Å². The smallest absolute Gasteiger partial charge is 0.374 e. The lowest BCUT2D eigenvalue weighted by Gasteiger charge is -2.26. The summed E-state index contributed by atoms with van der Waals surface area (Å²) in [4.78, 5) is 0. The topological polar surface area (TPSA) is 90.4 Å². The molecule has 0 aromatic rings. The van der Waals surface area contributed by atoms with Crippen molar-refractivity contribution in [1.82, 2.24) is 6.15 Å². The van der Waals surface area contributed by atoms with E-state index >= 15 is 0 Å². The fraction of sp³-hybridized carbons (Fsp3) is 1.00. The highest BCUT2D eigenvalue weighted by Crippen LogP contribution is 2.15. The van der Waals surface area contributed by atoms with Crippen LogP contribution in [0.3, 0.4) is 0 Å². The van der Waals surface area contributed by atoms with Gasteiger partial charge in [0.15, 0.2) is 0 Å². The van der Waals surface area contributed by atoms with Gasteiger partial charge in [0.1, 0.15) is 0 Å². The van der Waals surface area contributed by atoms with Crippen LogP contribution in [0.4, 0.5) is 0 Å². The molecule has 3 N–H and O–H groups in total. The van der Waals surface area contributed by atoms with E-state index in [1.807, 2.05) is 55.4 Å². The van der Waals surface area contributed by atoms with Gasteiger partial charge in [-0.05, 0) is 41.5 Å². The second-order valence-electron chi connectivity index (χ2n) is 4.67. The summed E-state index contributed by atoms with van der Waals surface area (Å²) in [6, 6.07) is 1.70. The normalized spacial score (nSPS) is 11.5. The first-order chi connectivity index (χ1) is 11.5. The van der Waals surface area contributed by atoms with Gasteiger partial charge < -0.3 is 32.7 Å². The van der Waals surface area contributed by atoms with E-state index in [1.165, 1.54) is 0 Å². The van der Waals surface area contributed by atoms with Crippen LogP contribution >= 0.6 is 0 Å². The van der Waals surface area contributed by atoms with Gasteiger partial charge in [-0.25, -0.2) is 0 Å². The minimum atomic E-state index is -2.27. The molecule has 0 aliphatic rings. The first kappa shape index (κ1) is 29.9. The molecule has 0 aliphatic carbocycles. The molecule has 7 nitrogen and oxygen atoms in total. The largest absolute Gasteiger partial charge is 0.500 e. The quantitative estimate of drug-likeness (QED) is 0.435. The van der Waals surface area contributed by atoms with Crippen molar-refractivity contribution in [3.8, 4) is 0 Å². The molecule has 0 fully saturated rings. The van der Waals surface area contributed by atoms with Gasteiger partial charge in [-0.15, -0.1) is 0 Å². The molecule has 25 heavy (non-hydrogen) atoms. The van der Waals surface area contributed by atoms with E-state index in [-0.39, 0.29) is 6.15 Å². The maximum atomic E-state index is 5.55. The monoisotopic (exact) mass is 401 g/mol. The summed E-state index contributed by atoms with van der Waals surface area (Å²) in [6.07, 6.45) is 0. The second-order valence-corrected chi connectivity index (χ2v) is 10.5. The van der Waals surface area contributed by atoms with Crippen molar-refractivity contribution in [3.05, 3.63) is 0 Å². The van der Waals surface area contributed by atoms with E-state index in [4.69, 9.17) is 26.6 Å². The van der Waals surface area contributed by atoms with Crippen LogP contribution in [0.15, 0.2) is 0 Å². The van der Waals surface area contributed by atoms with Gasteiger partial charge >= 0.3 is 17.6 Å². The molecular formula is C16H43NO6Si2. The Morgan fingerprint density at radius 3 is 0.640 bits per heavy atom. The third kappa shape index (κ3) is 13.0. The lowest BCUT2D eigenvalue weighted by Crippen LogP contribution is -2.45. The third-order valence-electron chi connectivity index (χ3n) is 3.05. The number of hydrogen-bond donors (Lipinski definition) is 1. The highest BCUT2D eigenvalue weighted by molar-refractivity contribution is 6.60. The summed E-state index contributed by atoms with van der Waals surface area (Å²) in [5, 5.41) is 0. The van der Waals surface area contributed by atoms with E-state index in [1.54, 1.807) is 0 Å². The van der Waals surface area contributed by atoms with E-state index in [9.17, 15) is 0 Å². The minimum absolute atomic E-state index is 0. The summed E-state index contributed by atoms with van der Waals surface area (Å²) in [5.74, 6) is 0. The molecule has 0 aromatic carbocycles. The van der Waals surface area contributed by atoms with Crippen LogP contribution in [-0.2, 0) is 26.6 Å². The zero-order valence-electron chi connectivity index (χ0n) is 17.8. The zero-order chi connectivity index (χ0) is 18.9. The van der Waals surface area contributed by atoms with Crippen molar-refractivity contribution >= 4 is 17.6 Å². The van der Waals surface area contributed by atoms with Crippen LogP contribution in [0, 0.1) is 0 Å². The Bertz CT molecular complexity index is 215. The van der Waals surface area contributed by atoms with Crippen molar-refractivity contribution in [1.29, 1.82) is 0 Å². The van der Waals surface area contributed by atoms with Crippen LogP contribution in [0.25, 0.3) is 0 Å². The van der Waals surface area contributed by atoms with Crippen molar-refractivity contribution in [2.75, 3.05) is 39.6 Å². The van der Waals surface area contributed by atoms with Gasteiger partial charge in [0.05, 0.1) is 0 Å². The summed E-state index contributed by atoms with van der Waals surface area (Å²) in [7, 11) is -4.54. The summed E-state index contributed by atoms with van der Waals surface area (Å²) >= 11 is 0. The van der Waals surface area contributed by atoms with Crippen molar-refractivity contribution < 1.29 is 26.6 Å². The molecule has 0 unspecified atom stereocenters.